The van der Waals surface area contributed by atoms with Gasteiger partial charge in [-0.15, -0.1) is 0 Å². The van der Waals surface area contributed by atoms with Crippen LogP contribution in [0.4, 0.5) is 0 Å². The third-order valence-electron chi connectivity index (χ3n) is 3.03. The molecule has 0 spiro atoms. The van der Waals surface area contributed by atoms with E-state index in [1.165, 1.54) is 0 Å². The van der Waals surface area contributed by atoms with Crippen LogP contribution in [0.5, 0.6) is 17.4 Å². The van der Waals surface area contributed by atoms with E-state index in [0.717, 1.165) is 17.9 Å². The SMILES string of the molecule is CCNC(C)c1ccc(Oc2cccc(OC)c2)nc1. The van der Waals surface area contributed by atoms with Crippen LogP contribution in [0.15, 0.2) is 42.6 Å². The molecule has 0 saturated carbocycles. The maximum atomic E-state index is 5.70. The molecule has 1 N–H and O–H groups in total. The Morgan fingerprint density at radius 1 is 1.20 bits per heavy atom. The molecule has 0 fully saturated rings. The molecule has 20 heavy (non-hydrogen) atoms. The first-order chi connectivity index (χ1) is 9.72. The number of hydrogen-bond acceptors (Lipinski definition) is 4. The second-order valence-electron chi connectivity index (χ2n) is 4.49. The van der Waals surface area contributed by atoms with Crippen molar-refractivity contribution in [1.29, 1.82) is 0 Å². The van der Waals surface area contributed by atoms with Gasteiger partial charge in [-0.1, -0.05) is 19.1 Å². The third kappa shape index (κ3) is 3.71. The summed E-state index contributed by atoms with van der Waals surface area (Å²) in [5, 5.41) is 3.35. The Morgan fingerprint density at radius 3 is 2.65 bits per heavy atom. The Bertz CT molecular complexity index is 540. The molecule has 2 aromatic rings. The zero-order chi connectivity index (χ0) is 14.4. The van der Waals surface area contributed by atoms with Gasteiger partial charge in [0.2, 0.25) is 5.88 Å². The van der Waals surface area contributed by atoms with Crippen LogP contribution in [0.25, 0.3) is 0 Å². The number of methoxy groups -OCH3 is 1. The van der Waals surface area contributed by atoms with Crippen LogP contribution in [0.1, 0.15) is 25.5 Å². The van der Waals surface area contributed by atoms with Crippen LogP contribution in [0.2, 0.25) is 0 Å². The van der Waals surface area contributed by atoms with Gasteiger partial charge >= 0.3 is 0 Å². The Kier molecular flexibility index (Phi) is 4.96. The molecule has 1 unspecified atom stereocenters. The molecular weight excluding hydrogens is 252 g/mol. The Morgan fingerprint density at radius 2 is 2.00 bits per heavy atom. The summed E-state index contributed by atoms with van der Waals surface area (Å²) in [6.07, 6.45) is 1.84. The molecule has 0 aliphatic rings. The van der Waals surface area contributed by atoms with Gasteiger partial charge in [0.15, 0.2) is 0 Å². The quantitative estimate of drug-likeness (QED) is 0.873. The van der Waals surface area contributed by atoms with E-state index in [-0.39, 0.29) is 0 Å². The minimum absolute atomic E-state index is 0.290. The molecule has 4 nitrogen and oxygen atoms in total. The third-order valence-corrected chi connectivity index (χ3v) is 3.03. The number of aromatic nitrogens is 1. The summed E-state index contributed by atoms with van der Waals surface area (Å²) in [5.41, 5.74) is 1.14. The smallest absolute Gasteiger partial charge is 0.219 e. The van der Waals surface area contributed by atoms with Crippen LogP contribution in [-0.2, 0) is 0 Å². The van der Waals surface area contributed by atoms with Crippen molar-refractivity contribution in [2.75, 3.05) is 13.7 Å². The Labute approximate surface area is 119 Å². The van der Waals surface area contributed by atoms with Crippen molar-refractivity contribution >= 4 is 0 Å². The number of nitrogens with one attached hydrogen (secondary N) is 1. The molecule has 4 heteroatoms. The molecule has 0 radical (unpaired) electrons. The molecule has 1 atom stereocenters. The Hall–Kier alpha value is -2.07. The van der Waals surface area contributed by atoms with Crippen molar-refractivity contribution in [2.24, 2.45) is 0 Å². The topological polar surface area (TPSA) is 43.4 Å². The molecule has 0 saturated heterocycles. The maximum Gasteiger partial charge on any atom is 0.219 e. The second-order valence-corrected chi connectivity index (χ2v) is 4.49. The molecule has 0 aliphatic heterocycles. The van der Waals surface area contributed by atoms with Crippen LogP contribution >= 0.6 is 0 Å². The largest absolute Gasteiger partial charge is 0.497 e. The monoisotopic (exact) mass is 272 g/mol. The molecule has 1 aromatic heterocycles. The number of hydrogen-bond donors (Lipinski definition) is 1. The van der Waals surface area contributed by atoms with Gasteiger partial charge in [0, 0.05) is 24.4 Å². The van der Waals surface area contributed by atoms with Gasteiger partial charge in [0.1, 0.15) is 11.5 Å². The summed E-state index contributed by atoms with van der Waals surface area (Å²) in [4.78, 5) is 4.33. The zero-order valence-corrected chi connectivity index (χ0v) is 12.1. The lowest BCUT2D eigenvalue weighted by Crippen LogP contribution is -2.17. The zero-order valence-electron chi connectivity index (χ0n) is 12.1. The molecule has 0 amide bonds. The fourth-order valence-corrected chi connectivity index (χ4v) is 1.92. The highest BCUT2D eigenvalue weighted by Crippen LogP contribution is 2.24. The number of nitrogens with zero attached hydrogens (tertiary/aromatic N) is 1. The van der Waals surface area contributed by atoms with E-state index < -0.39 is 0 Å². The van der Waals surface area contributed by atoms with Crippen LogP contribution < -0.4 is 14.8 Å². The summed E-state index contributed by atoms with van der Waals surface area (Å²) < 4.78 is 10.9. The van der Waals surface area contributed by atoms with Crippen molar-refractivity contribution in [3.8, 4) is 17.4 Å². The number of ether oxygens (including phenoxy) is 2. The van der Waals surface area contributed by atoms with Crippen molar-refractivity contribution in [3.05, 3.63) is 48.2 Å². The number of benzene rings is 1. The van der Waals surface area contributed by atoms with E-state index in [2.05, 4.69) is 24.1 Å². The van der Waals surface area contributed by atoms with E-state index in [1.807, 2.05) is 42.6 Å². The lowest BCUT2D eigenvalue weighted by molar-refractivity contribution is 0.407. The maximum absolute atomic E-state index is 5.70. The Balaban J connectivity index is 2.06. The number of pyridine rings is 1. The van der Waals surface area contributed by atoms with Crippen molar-refractivity contribution < 1.29 is 9.47 Å². The minimum atomic E-state index is 0.290. The summed E-state index contributed by atoms with van der Waals surface area (Å²) in [7, 11) is 1.63. The lowest BCUT2D eigenvalue weighted by atomic mass is 10.1. The lowest BCUT2D eigenvalue weighted by Gasteiger charge is -2.12. The average Bonchev–Trinajstić information content (AvgIpc) is 2.48. The molecule has 1 heterocycles. The predicted molar refractivity (Wildman–Crippen MR) is 79.4 cm³/mol. The van der Waals surface area contributed by atoms with Crippen LogP contribution in [0, 0.1) is 0 Å². The van der Waals surface area contributed by atoms with E-state index in [4.69, 9.17) is 9.47 Å². The van der Waals surface area contributed by atoms with Crippen LogP contribution in [0.3, 0.4) is 0 Å². The van der Waals surface area contributed by atoms with Crippen molar-refractivity contribution in [2.45, 2.75) is 19.9 Å². The summed E-state index contributed by atoms with van der Waals surface area (Å²) in [6, 6.07) is 11.7. The second kappa shape index (κ2) is 6.91. The predicted octanol–water partition coefficient (Wildman–Crippen LogP) is 3.55. The van der Waals surface area contributed by atoms with Crippen molar-refractivity contribution in [1.82, 2.24) is 10.3 Å². The van der Waals surface area contributed by atoms with E-state index in [1.54, 1.807) is 7.11 Å². The fourth-order valence-electron chi connectivity index (χ4n) is 1.92. The molecule has 0 bridgehead atoms. The summed E-state index contributed by atoms with van der Waals surface area (Å²) in [5.74, 6) is 2.05. The van der Waals surface area contributed by atoms with Crippen LogP contribution in [-0.4, -0.2) is 18.6 Å². The highest BCUT2D eigenvalue weighted by Gasteiger charge is 2.05. The van der Waals surface area contributed by atoms with Gasteiger partial charge in [-0.3, -0.25) is 0 Å². The first kappa shape index (κ1) is 14.3. The molecule has 2 rings (SSSR count). The van der Waals surface area contributed by atoms with E-state index in [0.29, 0.717) is 17.7 Å². The summed E-state index contributed by atoms with van der Waals surface area (Å²) >= 11 is 0. The first-order valence-corrected chi connectivity index (χ1v) is 6.74. The molecular formula is C16H20N2O2. The van der Waals surface area contributed by atoms with Gasteiger partial charge in [0.25, 0.3) is 0 Å². The fraction of sp³-hybridized carbons (Fsp3) is 0.312. The van der Waals surface area contributed by atoms with E-state index >= 15 is 0 Å². The van der Waals surface area contributed by atoms with Gasteiger partial charge in [0.05, 0.1) is 7.11 Å². The van der Waals surface area contributed by atoms with Gasteiger partial charge in [-0.25, -0.2) is 4.98 Å². The first-order valence-electron chi connectivity index (χ1n) is 6.74. The highest BCUT2D eigenvalue weighted by atomic mass is 16.5. The minimum Gasteiger partial charge on any atom is -0.497 e. The molecule has 106 valence electrons. The van der Waals surface area contributed by atoms with Gasteiger partial charge in [-0.2, -0.15) is 0 Å². The van der Waals surface area contributed by atoms with Crippen molar-refractivity contribution in [3.63, 3.8) is 0 Å². The summed E-state index contributed by atoms with van der Waals surface area (Å²) in [6.45, 7) is 5.14. The number of rotatable bonds is 6. The normalized spacial score (nSPS) is 11.9. The van der Waals surface area contributed by atoms with Gasteiger partial charge in [-0.05, 0) is 31.2 Å². The van der Waals surface area contributed by atoms with E-state index in [9.17, 15) is 0 Å². The highest BCUT2D eigenvalue weighted by molar-refractivity contribution is 5.35. The molecule has 1 aromatic carbocycles. The standard InChI is InChI=1S/C16H20N2O2/c1-4-17-12(2)13-8-9-16(18-11-13)20-15-7-5-6-14(10-15)19-3/h5-12,17H,4H2,1-3H3. The molecule has 0 aliphatic carbocycles. The average molecular weight is 272 g/mol. The van der Waals surface area contributed by atoms with Gasteiger partial charge < -0.3 is 14.8 Å².